The van der Waals surface area contributed by atoms with Gasteiger partial charge in [-0.2, -0.15) is 0 Å². The van der Waals surface area contributed by atoms with E-state index < -0.39 is 0 Å². The molecule has 0 heterocycles. The molecule has 0 bridgehead atoms. The second-order valence-corrected chi connectivity index (χ2v) is 7.27. The van der Waals surface area contributed by atoms with Gasteiger partial charge in [0.1, 0.15) is 0 Å². The maximum Gasteiger partial charge on any atom is 0.0464 e. The molecule has 2 nitrogen and oxygen atoms in total. The van der Waals surface area contributed by atoms with Crippen LogP contribution in [-0.4, -0.2) is 19.8 Å². The number of hydrogen-bond donors (Lipinski definition) is 1. The van der Waals surface area contributed by atoms with Crippen molar-refractivity contribution < 1.29 is 0 Å². The first-order chi connectivity index (χ1) is 10.0. The van der Waals surface area contributed by atoms with E-state index in [0.29, 0.717) is 0 Å². The molecule has 0 unspecified atom stereocenters. The Labute approximate surface area is 130 Å². The van der Waals surface area contributed by atoms with Crippen molar-refractivity contribution in [1.29, 1.82) is 0 Å². The lowest BCUT2D eigenvalue weighted by Crippen LogP contribution is -2.15. The molecule has 116 valence electrons. The second-order valence-electron chi connectivity index (χ2n) is 7.27. The van der Waals surface area contributed by atoms with Crippen LogP contribution in [0.3, 0.4) is 0 Å². The van der Waals surface area contributed by atoms with Crippen LogP contribution in [-0.2, 0) is 5.41 Å². The molecule has 0 saturated heterocycles. The third-order valence-electron chi connectivity index (χ3n) is 4.47. The van der Waals surface area contributed by atoms with Crippen LogP contribution < -0.4 is 5.32 Å². The van der Waals surface area contributed by atoms with Gasteiger partial charge in [-0.1, -0.05) is 58.2 Å². The van der Waals surface area contributed by atoms with Crippen LogP contribution in [0.1, 0.15) is 64.0 Å². The lowest BCUT2D eigenvalue weighted by atomic mass is 9.84. The first-order valence-corrected chi connectivity index (χ1v) is 8.33. The number of aliphatic imine (C=N–C) groups is 1. The van der Waals surface area contributed by atoms with Gasteiger partial charge in [0.05, 0.1) is 0 Å². The maximum absolute atomic E-state index is 4.73. The third-order valence-corrected chi connectivity index (χ3v) is 4.47. The van der Waals surface area contributed by atoms with E-state index in [1.807, 2.05) is 7.05 Å². The molecule has 21 heavy (non-hydrogen) atoms. The van der Waals surface area contributed by atoms with Crippen LogP contribution in [0.25, 0.3) is 0 Å². The van der Waals surface area contributed by atoms with Gasteiger partial charge in [-0.15, -0.1) is 0 Å². The third kappa shape index (κ3) is 4.33. The number of hydrogen-bond acceptors (Lipinski definition) is 2. The Morgan fingerprint density at radius 3 is 2.52 bits per heavy atom. The van der Waals surface area contributed by atoms with Crippen molar-refractivity contribution in [2.45, 2.75) is 58.3 Å². The molecule has 0 atom stereocenters. The van der Waals surface area contributed by atoms with E-state index in [0.717, 1.165) is 12.5 Å². The Morgan fingerprint density at radius 1 is 1.19 bits per heavy atom. The molecule has 1 N–H and O–H groups in total. The van der Waals surface area contributed by atoms with Crippen LogP contribution in [0.5, 0.6) is 0 Å². The molecule has 1 fully saturated rings. The zero-order chi connectivity index (χ0) is 15.3. The number of rotatable bonds is 4. The Balaban J connectivity index is 2.12. The van der Waals surface area contributed by atoms with Crippen molar-refractivity contribution in [1.82, 2.24) is 0 Å². The van der Waals surface area contributed by atoms with Crippen LogP contribution in [0.4, 0.5) is 5.69 Å². The van der Waals surface area contributed by atoms with Crippen LogP contribution in [0, 0.1) is 5.92 Å². The lowest BCUT2D eigenvalue weighted by Gasteiger charge is -2.24. The van der Waals surface area contributed by atoms with E-state index in [4.69, 9.17) is 4.99 Å². The molecule has 1 aliphatic carbocycles. The van der Waals surface area contributed by atoms with Crippen molar-refractivity contribution in [2.24, 2.45) is 10.9 Å². The van der Waals surface area contributed by atoms with Crippen molar-refractivity contribution in [3.63, 3.8) is 0 Å². The molecular formula is C19H30N2. The first kappa shape index (κ1) is 16.1. The van der Waals surface area contributed by atoms with Crippen LogP contribution in [0.15, 0.2) is 23.2 Å². The minimum Gasteiger partial charge on any atom is -0.387 e. The number of anilines is 1. The van der Waals surface area contributed by atoms with Gasteiger partial charge < -0.3 is 5.32 Å². The Bertz CT molecular complexity index is 477. The molecule has 0 radical (unpaired) electrons. The van der Waals surface area contributed by atoms with Gasteiger partial charge in [-0.05, 0) is 29.7 Å². The summed E-state index contributed by atoms with van der Waals surface area (Å²) in [7, 11) is 2.00. The van der Waals surface area contributed by atoms with Gasteiger partial charge in [0.25, 0.3) is 0 Å². The summed E-state index contributed by atoms with van der Waals surface area (Å²) in [6.07, 6.45) is 8.98. The summed E-state index contributed by atoms with van der Waals surface area (Å²) in [5.74, 6) is 0.804. The van der Waals surface area contributed by atoms with Gasteiger partial charge in [0, 0.05) is 31.1 Å². The van der Waals surface area contributed by atoms with E-state index in [1.165, 1.54) is 48.9 Å². The van der Waals surface area contributed by atoms with Crippen molar-refractivity contribution in [2.75, 3.05) is 18.9 Å². The highest BCUT2D eigenvalue weighted by atomic mass is 14.8. The number of para-hydroxylation sites is 1. The largest absolute Gasteiger partial charge is 0.387 e. The Hall–Kier alpha value is -1.31. The van der Waals surface area contributed by atoms with Gasteiger partial charge >= 0.3 is 0 Å². The summed E-state index contributed by atoms with van der Waals surface area (Å²) in [4.78, 5) is 4.73. The normalized spacial score (nSPS) is 17.3. The Morgan fingerprint density at radius 2 is 1.90 bits per heavy atom. The molecule has 1 saturated carbocycles. The highest BCUT2D eigenvalue weighted by molar-refractivity contribution is 5.89. The fourth-order valence-corrected chi connectivity index (χ4v) is 3.25. The van der Waals surface area contributed by atoms with E-state index in [9.17, 15) is 0 Å². The molecule has 1 aliphatic rings. The van der Waals surface area contributed by atoms with E-state index in [2.05, 4.69) is 50.5 Å². The van der Waals surface area contributed by atoms with Crippen molar-refractivity contribution >= 4 is 11.9 Å². The second kappa shape index (κ2) is 7.11. The summed E-state index contributed by atoms with van der Waals surface area (Å²) in [6.45, 7) is 7.76. The molecule has 0 spiro atoms. The molecule has 0 amide bonds. The van der Waals surface area contributed by atoms with Crippen LogP contribution >= 0.6 is 0 Å². The monoisotopic (exact) mass is 286 g/mol. The summed E-state index contributed by atoms with van der Waals surface area (Å²) in [5, 5.41) is 3.37. The summed E-state index contributed by atoms with van der Waals surface area (Å²) in [6, 6.07) is 6.51. The zero-order valence-corrected chi connectivity index (χ0v) is 14.1. The maximum atomic E-state index is 4.73. The fourth-order valence-electron chi connectivity index (χ4n) is 3.25. The first-order valence-electron chi connectivity index (χ1n) is 8.33. The molecule has 0 aromatic heterocycles. The summed E-state index contributed by atoms with van der Waals surface area (Å²) >= 11 is 0. The van der Waals surface area contributed by atoms with Gasteiger partial charge in [0.15, 0.2) is 0 Å². The smallest absolute Gasteiger partial charge is 0.0464 e. The van der Waals surface area contributed by atoms with Gasteiger partial charge in [0.2, 0.25) is 0 Å². The van der Waals surface area contributed by atoms with Crippen molar-refractivity contribution in [3.8, 4) is 0 Å². The predicted octanol–water partition coefficient (Wildman–Crippen LogP) is 5.03. The highest BCUT2D eigenvalue weighted by Crippen LogP contribution is 2.31. The quantitative estimate of drug-likeness (QED) is 0.772. The molecular weight excluding hydrogens is 256 g/mol. The molecule has 0 aliphatic heterocycles. The predicted molar refractivity (Wildman–Crippen MR) is 93.7 cm³/mol. The summed E-state index contributed by atoms with van der Waals surface area (Å²) < 4.78 is 0. The SMILES string of the molecule is CNc1c(C=NCC2CCCCC2)cccc1C(C)(C)C. The molecule has 1 aromatic rings. The van der Waals surface area contributed by atoms with E-state index >= 15 is 0 Å². The van der Waals surface area contributed by atoms with Gasteiger partial charge in [-0.25, -0.2) is 0 Å². The molecule has 2 heteroatoms. The molecule has 1 aromatic carbocycles. The van der Waals surface area contributed by atoms with E-state index in [1.54, 1.807) is 0 Å². The minimum absolute atomic E-state index is 0.144. The number of nitrogens with zero attached hydrogens (tertiary/aromatic N) is 1. The fraction of sp³-hybridized carbons (Fsp3) is 0.632. The van der Waals surface area contributed by atoms with E-state index in [-0.39, 0.29) is 5.41 Å². The zero-order valence-electron chi connectivity index (χ0n) is 14.1. The lowest BCUT2D eigenvalue weighted by molar-refractivity contribution is 0.367. The average Bonchev–Trinajstić information content (AvgIpc) is 2.47. The number of nitrogens with one attached hydrogen (secondary N) is 1. The average molecular weight is 286 g/mol. The summed E-state index contributed by atoms with van der Waals surface area (Å²) in [5.41, 5.74) is 3.93. The topological polar surface area (TPSA) is 24.4 Å². The minimum atomic E-state index is 0.144. The molecule has 2 rings (SSSR count). The van der Waals surface area contributed by atoms with Gasteiger partial charge in [-0.3, -0.25) is 4.99 Å². The van der Waals surface area contributed by atoms with Crippen LogP contribution in [0.2, 0.25) is 0 Å². The Kier molecular flexibility index (Phi) is 5.44. The van der Waals surface area contributed by atoms with Crippen molar-refractivity contribution in [3.05, 3.63) is 29.3 Å². The highest BCUT2D eigenvalue weighted by Gasteiger charge is 2.19. The number of benzene rings is 1. The standard InChI is InChI=1S/C19H30N2/c1-19(2,3)17-12-8-11-16(18(17)20-4)14-21-13-15-9-6-5-7-10-15/h8,11-12,14-15,20H,5-7,9-10,13H2,1-4H3.